The van der Waals surface area contributed by atoms with E-state index in [0.717, 1.165) is 16.7 Å². The Labute approximate surface area is 194 Å². The van der Waals surface area contributed by atoms with E-state index in [2.05, 4.69) is 10.6 Å². The van der Waals surface area contributed by atoms with Gasteiger partial charge in [0.05, 0.1) is 7.11 Å². The maximum absolute atomic E-state index is 13.3. The number of benzene rings is 3. The van der Waals surface area contributed by atoms with E-state index < -0.39 is 24.0 Å². The lowest BCUT2D eigenvalue weighted by Gasteiger charge is -2.22. The molecule has 170 valence electrons. The van der Waals surface area contributed by atoms with Crippen molar-refractivity contribution in [2.24, 2.45) is 0 Å². The van der Waals surface area contributed by atoms with Crippen LogP contribution in [0.1, 0.15) is 27.0 Å². The molecule has 0 aromatic heterocycles. The van der Waals surface area contributed by atoms with Crippen molar-refractivity contribution in [1.29, 1.82) is 0 Å². The van der Waals surface area contributed by atoms with Gasteiger partial charge in [-0.15, -0.1) is 0 Å². The summed E-state index contributed by atoms with van der Waals surface area (Å²) >= 11 is 0. The van der Waals surface area contributed by atoms with Crippen molar-refractivity contribution in [3.63, 3.8) is 0 Å². The van der Waals surface area contributed by atoms with Gasteiger partial charge in [0.2, 0.25) is 5.91 Å². The van der Waals surface area contributed by atoms with Crippen molar-refractivity contribution in [1.82, 2.24) is 10.6 Å². The number of methoxy groups -OCH3 is 1. The zero-order valence-electron chi connectivity index (χ0n) is 18.8. The van der Waals surface area contributed by atoms with Gasteiger partial charge in [-0.1, -0.05) is 78.4 Å². The molecule has 0 spiro atoms. The van der Waals surface area contributed by atoms with E-state index in [9.17, 15) is 14.4 Å². The predicted octanol–water partition coefficient (Wildman–Crippen LogP) is 3.24. The number of esters is 1. The first kappa shape index (κ1) is 23.7. The minimum absolute atomic E-state index is 0.281. The smallest absolute Gasteiger partial charge is 0.328 e. The SMILES string of the molecule is COC(=O)[C@H](Cc1ccccc1)NC(=O)[C@H](Cc1ccccc1)NC(=O)c1ccc(C)cc1. The number of hydrogen-bond donors (Lipinski definition) is 2. The Balaban J connectivity index is 1.79. The highest BCUT2D eigenvalue weighted by molar-refractivity contribution is 5.98. The van der Waals surface area contributed by atoms with Crippen LogP contribution in [0.4, 0.5) is 0 Å². The highest BCUT2D eigenvalue weighted by atomic mass is 16.5. The summed E-state index contributed by atoms with van der Waals surface area (Å²) in [4.78, 5) is 38.5. The Morgan fingerprint density at radius 2 is 1.24 bits per heavy atom. The van der Waals surface area contributed by atoms with E-state index in [-0.39, 0.29) is 18.7 Å². The Morgan fingerprint density at radius 1 is 0.727 bits per heavy atom. The number of ether oxygens (including phenoxy) is 1. The molecule has 6 nitrogen and oxygen atoms in total. The predicted molar refractivity (Wildman–Crippen MR) is 127 cm³/mol. The lowest BCUT2D eigenvalue weighted by Crippen LogP contribution is -2.53. The molecule has 0 fully saturated rings. The Bertz CT molecular complexity index is 1070. The fourth-order valence-electron chi connectivity index (χ4n) is 3.46. The minimum Gasteiger partial charge on any atom is -0.467 e. The third kappa shape index (κ3) is 7.04. The van der Waals surface area contributed by atoms with Gasteiger partial charge in [0.1, 0.15) is 12.1 Å². The summed E-state index contributed by atoms with van der Waals surface area (Å²) in [6.07, 6.45) is 0.562. The molecule has 3 aromatic rings. The third-order valence-electron chi connectivity index (χ3n) is 5.30. The van der Waals surface area contributed by atoms with E-state index in [1.807, 2.05) is 79.7 Å². The van der Waals surface area contributed by atoms with E-state index in [4.69, 9.17) is 4.74 Å². The minimum atomic E-state index is -0.876. The van der Waals surface area contributed by atoms with Crippen molar-refractivity contribution in [2.75, 3.05) is 7.11 Å². The monoisotopic (exact) mass is 444 g/mol. The highest BCUT2D eigenvalue weighted by Gasteiger charge is 2.28. The van der Waals surface area contributed by atoms with Gasteiger partial charge >= 0.3 is 5.97 Å². The number of aryl methyl sites for hydroxylation is 1. The number of nitrogens with one attached hydrogen (secondary N) is 2. The van der Waals surface area contributed by atoms with Crippen LogP contribution in [0.15, 0.2) is 84.9 Å². The van der Waals surface area contributed by atoms with E-state index in [1.54, 1.807) is 12.1 Å². The lowest BCUT2D eigenvalue weighted by molar-refractivity contribution is -0.145. The highest BCUT2D eigenvalue weighted by Crippen LogP contribution is 2.09. The summed E-state index contributed by atoms with van der Waals surface area (Å²) in [5.41, 5.74) is 3.27. The molecule has 0 heterocycles. The van der Waals surface area contributed by atoms with E-state index in [0.29, 0.717) is 5.56 Å². The topological polar surface area (TPSA) is 84.5 Å². The van der Waals surface area contributed by atoms with Crippen LogP contribution >= 0.6 is 0 Å². The third-order valence-corrected chi connectivity index (χ3v) is 5.30. The normalized spacial score (nSPS) is 12.3. The molecule has 3 rings (SSSR count). The molecule has 0 bridgehead atoms. The number of amides is 2. The summed E-state index contributed by atoms with van der Waals surface area (Å²) in [5.74, 6) is -1.36. The molecular weight excluding hydrogens is 416 g/mol. The van der Waals surface area contributed by atoms with Crippen LogP contribution in [-0.4, -0.2) is 37.0 Å². The standard InChI is InChI=1S/C27H28N2O4/c1-19-13-15-22(16-14-19)25(30)28-23(17-20-9-5-3-6-10-20)26(31)29-24(27(32)33-2)18-21-11-7-4-8-12-21/h3-16,23-24H,17-18H2,1-2H3,(H,28,30)(H,29,31)/t23-,24-/m0/s1. The van der Waals surface area contributed by atoms with Gasteiger partial charge in [-0.05, 0) is 30.2 Å². The molecule has 0 saturated heterocycles. The first-order valence-electron chi connectivity index (χ1n) is 10.8. The quantitative estimate of drug-likeness (QED) is 0.497. The first-order valence-corrected chi connectivity index (χ1v) is 10.8. The Hall–Kier alpha value is -3.93. The second kappa shape index (κ2) is 11.6. The lowest BCUT2D eigenvalue weighted by atomic mass is 10.0. The van der Waals surface area contributed by atoms with Crippen LogP contribution in [0, 0.1) is 6.92 Å². The van der Waals surface area contributed by atoms with Crippen LogP contribution in [0.5, 0.6) is 0 Å². The number of carbonyl (C=O) groups excluding carboxylic acids is 3. The van der Waals surface area contributed by atoms with Gasteiger partial charge in [-0.2, -0.15) is 0 Å². The largest absolute Gasteiger partial charge is 0.467 e. The summed E-state index contributed by atoms with van der Waals surface area (Å²) < 4.78 is 4.90. The summed E-state index contributed by atoms with van der Waals surface area (Å²) in [6.45, 7) is 1.94. The van der Waals surface area contributed by atoms with Crippen LogP contribution < -0.4 is 10.6 Å². The maximum atomic E-state index is 13.3. The van der Waals surface area contributed by atoms with Crippen LogP contribution in [0.3, 0.4) is 0 Å². The molecule has 0 saturated carbocycles. The number of hydrogen-bond acceptors (Lipinski definition) is 4. The molecule has 2 atom stereocenters. The molecular formula is C27H28N2O4. The van der Waals surface area contributed by atoms with Gasteiger partial charge in [0.15, 0.2) is 0 Å². The zero-order chi connectivity index (χ0) is 23.6. The van der Waals surface area contributed by atoms with Crippen LogP contribution in [0.2, 0.25) is 0 Å². The number of carbonyl (C=O) groups is 3. The Kier molecular flexibility index (Phi) is 8.36. The molecule has 0 radical (unpaired) electrons. The van der Waals surface area contributed by atoms with Gasteiger partial charge in [-0.25, -0.2) is 4.79 Å². The maximum Gasteiger partial charge on any atom is 0.328 e. The van der Waals surface area contributed by atoms with Gasteiger partial charge < -0.3 is 15.4 Å². The zero-order valence-corrected chi connectivity index (χ0v) is 18.8. The van der Waals surface area contributed by atoms with Gasteiger partial charge in [0.25, 0.3) is 5.91 Å². The summed E-state index contributed by atoms with van der Waals surface area (Å²) in [7, 11) is 1.28. The van der Waals surface area contributed by atoms with Crippen molar-refractivity contribution >= 4 is 17.8 Å². The average Bonchev–Trinajstić information content (AvgIpc) is 2.84. The number of rotatable bonds is 9. The molecule has 3 aromatic carbocycles. The van der Waals surface area contributed by atoms with Crippen LogP contribution in [0.25, 0.3) is 0 Å². The molecule has 33 heavy (non-hydrogen) atoms. The summed E-state index contributed by atoms with van der Waals surface area (Å²) in [6, 6.07) is 24.2. The molecule has 0 aliphatic rings. The van der Waals surface area contributed by atoms with Gasteiger partial charge in [0, 0.05) is 18.4 Å². The average molecular weight is 445 g/mol. The van der Waals surface area contributed by atoms with Crippen molar-refractivity contribution < 1.29 is 19.1 Å². The molecule has 2 amide bonds. The fourth-order valence-corrected chi connectivity index (χ4v) is 3.46. The van der Waals surface area contributed by atoms with Gasteiger partial charge in [-0.3, -0.25) is 9.59 Å². The van der Waals surface area contributed by atoms with Crippen molar-refractivity contribution in [2.45, 2.75) is 31.8 Å². The Morgan fingerprint density at radius 3 is 1.76 bits per heavy atom. The first-order chi connectivity index (χ1) is 16.0. The molecule has 0 aliphatic carbocycles. The van der Waals surface area contributed by atoms with E-state index in [1.165, 1.54) is 7.11 Å². The molecule has 2 N–H and O–H groups in total. The molecule has 0 unspecified atom stereocenters. The van der Waals surface area contributed by atoms with Crippen molar-refractivity contribution in [3.8, 4) is 0 Å². The van der Waals surface area contributed by atoms with Crippen molar-refractivity contribution in [3.05, 3.63) is 107 Å². The van der Waals surface area contributed by atoms with Crippen LogP contribution in [-0.2, 0) is 27.2 Å². The fraction of sp³-hybridized carbons (Fsp3) is 0.222. The molecule has 6 heteroatoms. The second-order valence-corrected chi connectivity index (χ2v) is 7.86. The summed E-state index contributed by atoms with van der Waals surface area (Å²) in [5, 5.41) is 5.60. The molecule has 0 aliphatic heterocycles. The second-order valence-electron chi connectivity index (χ2n) is 7.86. The van der Waals surface area contributed by atoms with E-state index >= 15 is 0 Å².